The van der Waals surface area contributed by atoms with E-state index in [0.717, 1.165) is 34.0 Å². The minimum absolute atomic E-state index is 0.214. The van der Waals surface area contributed by atoms with E-state index in [1.54, 1.807) is 21.3 Å². The van der Waals surface area contributed by atoms with Crippen LogP contribution in [0.1, 0.15) is 28.6 Å². The van der Waals surface area contributed by atoms with Crippen LogP contribution in [0.3, 0.4) is 0 Å². The summed E-state index contributed by atoms with van der Waals surface area (Å²) < 4.78 is 18.5. The first-order valence-electron chi connectivity index (χ1n) is 11.0. The van der Waals surface area contributed by atoms with Gasteiger partial charge < -0.3 is 14.2 Å². The van der Waals surface area contributed by atoms with Gasteiger partial charge in [0, 0.05) is 18.2 Å². The fourth-order valence-corrected chi connectivity index (χ4v) is 4.15. The van der Waals surface area contributed by atoms with E-state index in [1.807, 2.05) is 60.3 Å². The first-order valence-corrected chi connectivity index (χ1v) is 11.0. The molecule has 0 saturated heterocycles. The first kappa shape index (κ1) is 23.3. The molecular formula is C26H29N5O3. The summed E-state index contributed by atoms with van der Waals surface area (Å²) in [7, 11) is 6.93. The molecule has 0 saturated carbocycles. The van der Waals surface area contributed by atoms with Gasteiger partial charge in [0.1, 0.15) is 5.75 Å². The van der Waals surface area contributed by atoms with Gasteiger partial charge in [-0.1, -0.05) is 48.5 Å². The molecule has 1 aromatic heterocycles. The molecule has 176 valence electrons. The molecule has 0 N–H and O–H groups in total. The van der Waals surface area contributed by atoms with Crippen LogP contribution in [0.25, 0.3) is 5.69 Å². The molecule has 0 unspecified atom stereocenters. The van der Waals surface area contributed by atoms with E-state index >= 15 is 0 Å². The Balaban J connectivity index is 1.78. The molecule has 1 atom stereocenters. The molecule has 0 spiro atoms. The van der Waals surface area contributed by atoms with E-state index in [1.165, 1.54) is 0 Å². The highest BCUT2D eigenvalue weighted by Crippen LogP contribution is 2.37. The molecule has 4 aromatic rings. The molecule has 3 aromatic carbocycles. The minimum Gasteiger partial charge on any atom is -0.496 e. The van der Waals surface area contributed by atoms with Crippen molar-refractivity contribution in [1.82, 2.24) is 25.1 Å². The van der Waals surface area contributed by atoms with Gasteiger partial charge in [-0.3, -0.25) is 4.90 Å². The van der Waals surface area contributed by atoms with Gasteiger partial charge >= 0.3 is 0 Å². The van der Waals surface area contributed by atoms with Crippen LogP contribution in [0.5, 0.6) is 17.2 Å². The first-order chi connectivity index (χ1) is 16.6. The fraction of sp³-hybridized carbons (Fsp3) is 0.269. The SMILES string of the molecule is COc1cc(OC)c(OC)cc1CN(C)[C@@H](c1ccccc1)c1nnnn1-c1ccccc1C. The summed E-state index contributed by atoms with van der Waals surface area (Å²) in [5.74, 6) is 2.71. The molecule has 8 heteroatoms. The lowest BCUT2D eigenvalue weighted by atomic mass is 10.0. The number of aryl methyl sites for hydroxylation is 1. The quantitative estimate of drug-likeness (QED) is 0.371. The van der Waals surface area contributed by atoms with Gasteiger partial charge in [0.15, 0.2) is 17.3 Å². The van der Waals surface area contributed by atoms with Crippen LogP contribution in [0, 0.1) is 6.92 Å². The van der Waals surface area contributed by atoms with Gasteiger partial charge in [0.05, 0.1) is 33.1 Å². The van der Waals surface area contributed by atoms with Gasteiger partial charge in [-0.05, 0) is 47.7 Å². The summed E-state index contributed by atoms with van der Waals surface area (Å²) in [6, 6.07) is 21.9. The maximum Gasteiger partial charge on any atom is 0.178 e. The van der Waals surface area contributed by atoms with Crippen LogP contribution in [-0.2, 0) is 6.54 Å². The third-order valence-corrected chi connectivity index (χ3v) is 5.84. The van der Waals surface area contributed by atoms with Crippen molar-refractivity contribution in [2.45, 2.75) is 19.5 Å². The Morgan fingerprint density at radius 3 is 2.18 bits per heavy atom. The van der Waals surface area contributed by atoms with Crippen molar-refractivity contribution in [1.29, 1.82) is 0 Å². The lowest BCUT2D eigenvalue weighted by Crippen LogP contribution is -2.28. The highest BCUT2D eigenvalue weighted by atomic mass is 16.5. The van der Waals surface area contributed by atoms with Gasteiger partial charge in [-0.2, -0.15) is 4.68 Å². The van der Waals surface area contributed by atoms with Gasteiger partial charge in [-0.25, -0.2) is 0 Å². The van der Waals surface area contributed by atoms with Crippen LogP contribution < -0.4 is 14.2 Å². The molecule has 0 radical (unpaired) electrons. The maximum absolute atomic E-state index is 5.67. The summed E-state index contributed by atoms with van der Waals surface area (Å²) in [6.45, 7) is 2.61. The number of benzene rings is 3. The Hall–Kier alpha value is -3.91. The van der Waals surface area contributed by atoms with E-state index in [2.05, 4.69) is 45.5 Å². The Kier molecular flexibility index (Phi) is 7.08. The summed E-state index contributed by atoms with van der Waals surface area (Å²) in [5.41, 5.74) is 4.07. The van der Waals surface area contributed by atoms with E-state index in [-0.39, 0.29) is 6.04 Å². The van der Waals surface area contributed by atoms with Crippen LogP contribution in [-0.4, -0.2) is 53.5 Å². The number of ether oxygens (including phenoxy) is 3. The van der Waals surface area contributed by atoms with Crippen molar-refractivity contribution in [3.05, 3.63) is 89.2 Å². The third-order valence-electron chi connectivity index (χ3n) is 5.84. The lowest BCUT2D eigenvalue weighted by molar-refractivity contribution is 0.253. The fourth-order valence-electron chi connectivity index (χ4n) is 4.15. The number of para-hydroxylation sites is 1. The second-order valence-electron chi connectivity index (χ2n) is 7.98. The van der Waals surface area contributed by atoms with Crippen molar-refractivity contribution in [2.75, 3.05) is 28.4 Å². The van der Waals surface area contributed by atoms with Crippen LogP contribution in [0.15, 0.2) is 66.7 Å². The van der Waals surface area contributed by atoms with Crippen LogP contribution in [0.2, 0.25) is 0 Å². The van der Waals surface area contributed by atoms with Crippen molar-refractivity contribution >= 4 is 0 Å². The van der Waals surface area contributed by atoms with Crippen molar-refractivity contribution in [3.8, 4) is 22.9 Å². The summed E-state index contributed by atoms with van der Waals surface area (Å²) >= 11 is 0. The molecule has 8 nitrogen and oxygen atoms in total. The van der Waals surface area contributed by atoms with Crippen LogP contribution >= 0.6 is 0 Å². The van der Waals surface area contributed by atoms with E-state index in [0.29, 0.717) is 18.0 Å². The predicted molar refractivity (Wildman–Crippen MR) is 130 cm³/mol. The predicted octanol–water partition coefficient (Wildman–Crippen LogP) is 4.22. The highest BCUT2D eigenvalue weighted by Gasteiger charge is 2.27. The summed E-state index contributed by atoms with van der Waals surface area (Å²) in [6.07, 6.45) is 0. The summed E-state index contributed by atoms with van der Waals surface area (Å²) in [4.78, 5) is 2.19. The van der Waals surface area contributed by atoms with E-state index in [9.17, 15) is 0 Å². The number of nitrogens with zero attached hydrogens (tertiary/aromatic N) is 5. The van der Waals surface area contributed by atoms with Gasteiger partial charge in [0.2, 0.25) is 0 Å². The summed E-state index contributed by atoms with van der Waals surface area (Å²) in [5, 5.41) is 12.8. The molecule has 0 fully saturated rings. The van der Waals surface area contributed by atoms with E-state index < -0.39 is 0 Å². The molecule has 0 aliphatic rings. The monoisotopic (exact) mass is 459 g/mol. The number of methoxy groups -OCH3 is 3. The molecule has 0 aliphatic heterocycles. The highest BCUT2D eigenvalue weighted by molar-refractivity contribution is 5.51. The molecule has 1 heterocycles. The molecular weight excluding hydrogens is 430 g/mol. The van der Waals surface area contributed by atoms with Crippen molar-refractivity contribution in [2.24, 2.45) is 0 Å². The smallest absolute Gasteiger partial charge is 0.178 e. The second kappa shape index (κ2) is 10.4. The molecule has 0 amide bonds. The van der Waals surface area contributed by atoms with Gasteiger partial charge in [0.25, 0.3) is 0 Å². The topological polar surface area (TPSA) is 74.5 Å². The largest absolute Gasteiger partial charge is 0.496 e. The molecule has 4 rings (SSSR count). The zero-order valence-electron chi connectivity index (χ0n) is 20.1. The zero-order valence-corrected chi connectivity index (χ0v) is 20.1. The average molecular weight is 460 g/mol. The number of aromatic nitrogens is 4. The Labute approximate surface area is 199 Å². The number of rotatable bonds is 9. The lowest BCUT2D eigenvalue weighted by Gasteiger charge is -2.28. The zero-order chi connectivity index (χ0) is 24.1. The Morgan fingerprint density at radius 2 is 1.50 bits per heavy atom. The molecule has 34 heavy (non-hydrogen) atoms. The van der Waals surface area contributed by atoms with Crippen molar-refractivity contribution in [3.63, 3.8) is 0 Å². The maximum atomic E-state index is 5.67. The number of hydrogen-bond acceptors (Lipinski definition) is 7. The normalized spacial score (nSPS) is 11.9. The van der Waals surface area contributed by atoms with Gasteiger partial charge in [-0.15, -0.1) is 5.10 Å². The van der Waals surface area contributed by atoms with Crippen molar-refractivity contribution < 1.29 is 14.2 Å². The standard InChI is InChI=1S/C26H29N5O3/c1-18-11-9-10-14-21(18)31-26(27-28-29-31)25(19-12-7-6-8-13-19)30(2)17-20-15-23(33-4)24(34-5)16-22(20)32-3/h6-16,25H,17H2,1-5H3/t25-/m0/s1. The Bertz CT molecular complexity index is 1240. The third kappa shape index (κ3) is 4.58. The van der Waals surface area contributed by atoms with Crippen LogP contribution in [0.4, 0.5) is 0 Å². The minimum atomic E-state index is -0.214. The number of hydrogen-bond donors (Lipinski definition) is 0. The molecule has 0 bridgehead atoms. The number of tetrazole rings is 1. The van der Waals surface area contributed by atoms with E-state index in [4.69, 9.17) is 14.2 Å². The Morgan fingerprint density at radius 1 is 0.853 bits per heavy atom. The molecule has 0 aliphatic carbocycles. The average Bonchev–Trinajstić information content (AvgIpc) is 3.33. The second-order valence-corrected chi connectivity index (χ2v) is 7.98.